The van der Waals surface area contributed by atoms with Crippen molar-refractivity contribution in [3.63, 3.8) is 0 Å². The molecule has 1 unspecified atom stereocenters. The summed E-state index contributed by atoms with van der Waals surface area (Å²) in [7, 11) is 0. The van der Waals surface area contributed by atoms with Crippen LogP contribution >= 0.6 is 0 Å². The highest BCUT2D eigenvalue weighted by molar-refractivity contribution is 5.81. The summed E-state index contributed by atoms with van der Waals surface area (Å²) in [4.78, 5) is 11.4. The van der Waals surface area contributed by atoms with E-state index in [2.05, 4.69) is 0 Å². The van der Waals surface area contributed by atoms with Gasteiger partial charge in [-0.2, -0.15) is 0 Å². The molecule has 2 atom stereocenters. The number of aliphatic hydroxyl groups is 1. The van der Waals surface area contributed by atoms with Crippen LogP contribution in [-0.4, -0.2) is 10.9 Å². The van der Waals surface area contributed by atoms with E-state index >= 15 is 0 Å². The van der Waals surface area contributed by atoms with Crippen LogP contribution in [0.15, 0.2) is 30.3 Å². The summed E-state index contributed by atoms with van der Waals surface area (Å²) in [6.45, 7) is 3.58. The van der Waals surface area contributed by atoms with Gasteiger partial charge in [0.25, 0.3) is 0 Å². The average Bonchev–Trinajstić information content (AvgIpc) is 2.27. The van der Waals surface area contributed by atoms with Crippen molar-refractivity contribution in [3.8, 4) is 0 Å². The van der Waals surface area contributed by atoms with Crippen LogP contribution in [0.3, 0.4) is 0 Å². The van der Waals surface area contributed by atoms with Crippen molar-refractivity contribution >= 4 is 5.78 Å². The highest BCUT2D eigenvalue weighted by atomic mass is 16.3. The van der Waals surface area contributed by atoms with Gasteiger partial charge in [-0.1, -0.05) is 44.2 Å². The fourth-order valence-corrected chi connectivity index (χ4v) is 1.44. The molecule has 1 aromatic carbocycles. The number of carbonyl (C=O) groups excluding carboxylic acids is 1. The van der Waals surface area contributed by atoms with Gasteiger partial charge in [-0.25, -0.2) is 0 Å². The van der Waals surface area contributed by atoms with E-state index in [0.717, 1.165) is 5.56 Å². The van der Waals surface area contributed by atoms with Gasteiger partial charge in [0.1, 0.15) is 5.78 Å². The Morgan fingerprint density at radius 3 is 2.43 bits per heavy atom. The molecule has 1 aromatic rings. The zero-order valence-corrected chi connectivity index (χ0v) is 8.60. The Morgan fingerprint density at radius 1 is 1.36 bits per heavy atom. The van der Waals surface area contributed by atoms with Crippen LogP contribution in [0.1, 0.15) is 31.9 Å². The van der Waals surface area contributed by atoms with Crippen LogP contribution in [0.25, 0.3) is 0 Å². The van der Waals surface area contributed by atoms with Gasteiger partial charge in [0.15, 0.2) is 0 Å². The number of aliphatic hydroxyl groups excluding tert-OH is 1. The molecule has 0 saturated heterocycles. The normalized spacial score (nSPS) is 14.8. The minimum Gasteiger partial charge on any atom is -0.388 e. The number of hydrogen-bond donors (Lipinski definition) is 1. The van der Waals surface area contributed by atoms with Gasteiger partial charge in [0.05, 0.1) is 6.10 Å². The summed E-state index contributed by atoms with van der Waals surface area (Å²) in [5, 5.41) is 9.87. The molecular weight excluding hydrogens is 176 g/mol. The van der Waals surface area contributed by atoms with E-state index in [1.165, 1.54) is 0 Å². The average molecular weight is 192 g/mol. The first-order chi connectivity index (χ1) is 6.66. The molecule has 0 amide bonds. The molecule has 2 heteroatoms. The summed E-state index contributed by atoms with van der Waals surface area (Å²) >= 11 is 0. The molecule has 0 fully saturated rings. The second kappa shape index (κ2) is 4.91. The third-order valence-corrected chi connectivity index (χ3v) is 2.47. The number of hydrogen-bond acceptors (Lipinski definition) is 2. The molecule has 1 N–H and O–H groups in total. The Hall–Kier alpha value is -1.15. The van der Waals surface area contributed by atoms with Gasteiger partial charge >= 0.3 is 0 Å². The molecule has 0 radical (unpaired) electrons. The van der Waals surface area contributed by atoms with Crippen LogP contribution in [0.2, 0.25) is 0 Å². The molecule has 0 aliphatic carbocycles. The molecule has 0 aromatic heterocycles. The van der Waals surface area contributed by atoms with Crippen molar-refractivity contribution in [2.75, 3.05) is 0 Å². The first-order valence-electron chi connectivity index (χ1n) is 4.92. The van der Waals surface area contributed by atoms with Crippen molar-refractivity contribution in [3.05, 3.63) is 35.9 Å². The predicted molar refractivity (Wildman–Crippen MR) is 55.9 cm³/mol. The van der Waals surface area contributed by atoms with Gasteiger partial charge in [0, 0.05) is 12.3 Å². The minimum absolute atomic E-state index is 0.0985. The van der Waals surface area contributed by atoms with Crippen LogP contribution < -0.4 is 0 Å². The van der Waals surface area contributed by atoms with Crippen LogP contribution in [0.5, 0.6) is 0 Å². The molecule has 0 bridgehead atoms. The smallest absolute Gasteiger partial charge is 0.138 e. The molecule has 0 aliphatic heterocycles. The Morgan fingerprint density at radius 2 is 1.93 bits per heavy atom. The Balaban J connectivity index is 2.75. The lowest BCUT2D eigenvalue weighted by Crippen LogP contribution is -2.18. The van der Waals surface area contributed by atoms with Crippen LogP contribution in [0, 0.1) is 5.92 Å². The van der Waals surface area contributed by atoms with E-state index in [9.17, 15) is 9.90 Å². The number of Topliss-reactive ketones (excluding diaryl/α,β-unsaturated/α-hetero) is 1. The summed E-state index contributed by atoms with van der Waals surface area (Å²) < 4.78 is 0. The maximum atomic E-state index is 11.4. The predicted octanol–water partition coefficient (Wildman–Crippen LogP) is 2.34. The van der Waals surface area contributed by atoms with Crippen molar-refractivity contribution in [2.24, 2.45) is 5.92 Å². The summed E-state index contributed by atoms with van der Waals surface area (Å²) in [6.07, 6.45) is -0.200. The first-order valence-corrected chi connectivity index (χ1v) is 4.92. The molecule has 0 heterocycles. The van der Waals surface area contributed by atoms with E-state index in [1.807, 2.05) is 37.3 Å². The lowest BCUT2D eigenvalue weighted by molar-refractivity contribution is -0.125. The summed E-state index contributed by atoms with van der Waals surface area (Å²) in [5.41, 5.74) is 0.807. The fourth-order valence-electron chi connectivity index (χ4n) is 1.44. The molecule has 76 valence electrons. The topological polar surface area (TPSA) is 37.3 Å². The van der Waals surface area contributed by atoms with E-state index < -0.39 is 6.10 Å². The van der Waals surface area contributed by atoms with Crippen molar-refractivity contribution < 1.29 is 9.90 Å². The first kappa shape index (κ1) is 10.9. The second-order valence-electron chi connectivity index (χ2n) is 3.46. The summed E-state index contributed by atoms with van der Waals surface area (Å²) in [5.74, 6) is -0.219. The Labute approximate surface area is 84.6 Å². The Kier molecular flexibility index (Phi) is 3.84. The van der Waals surface area contributed by atoms with E-state index in [4.69, 9.17) is 0 Å². The standard InChI is InChI=1S/C12H16O2/c1-3-11(13)9(2)12(14)10-7-5-4-6-8-10/h4-9,12,14H,3H2,1-2H3/t9?,12-/m0/s1. The molecule has 14 heavy (non-hydrogen) atoms. The van der Waals surface area contributed by atoms with Gasteiger partial charge < -0.3 is 5.11 Å². The highest BCUT2D eigenvalue weighted by Gasteiger charge is 2.21. The van der Waals surface area contributed by atoms with E-state index in [1.54, 1.807) is 6.92 Å². The zero-order chi connectivity index (χ0) is 10.6. The molecule has 0 aliphatic rings. The fraction of sp³-hybridized carbons (Fsp3) is 0.417. The van der Waals surface area contributed by atoms with E-state index in [-0.39, 0.29) is 11.7 Å². The number of benzene rings is 1. The number of carbonyl (C=O) groups is 1. The third-order valence-electron chi connectivity index (χ3n) is 2.47. The van der Waals surface area contributed by atoms with Crippen molar-refractivity contribution in [2.45, 2.75) is 26.4 Å². The van der Waals surface area contributed by atoms with Crippen molar-refractivity contribution in [1.29, 1.82) is 0 Å². The van der Waals surface area contributed by atoms with Gasteiger partial charge in [0.2, 0.25) is 0 Å². The zero-order valence-electron chi connectivity index (χ0n) is 8.60. The van der Waals surface area contributed by atoms with Gasteiger partial charge in [-0.05, 0) is 5.56 Å². The quantitative estimate of drug-likeness (QED) is 0.795. The highest BCUT2D eigenvalue weighted by Crippen LogP contribution is 2.22. The second-order valence-corrected chi connectivity index (χ2v) is 3.46. The number of ketones is 1. The summed E-state index contributed by atoms with van der Waals surface area (Å²) in [6, 6.07) is 9.29. The molecular formula is C12H16O2. The molecule has 0 spiro atoms. The maximum absolute atomic E-state index is 11.4. The van der Waals surface area contributed by atoms with Gasteiger partial charge in [-0.3, -0.25) is 4.79 Å². The lowest BCUT2D eigenvalue weighted by Gasteiger charge is -2.17. The monoisotopic (exact) mass is 192 g/mol. The lowest BCUT2D eigenvalue weighted by atomic mass is 9.93. The number of rotatable bonds is 4. The molecule has 0 saturated carbocycles. The Bertz CT molecular complexity index is 292. The molecule has 1 rings (SSSR count). The van der Waals surface area contributed by atoms with Crippen LogP contribution in [-0.2, 0) is 4.79 Å². The molecule has 2 nitrogen and oxygen atoms in total. The largest absolute Gasteiger partial charge is 0.388 e. The maximum Gasteiger partial charge on any atom is 0.138 e. The minimum atomic E-state index is -0.677. The van der Waals surface area contributed by atoms with Crippen molar-refractivity contribution in [1.82, 2.24) is 0 Å². The van der Waals surface area contributed by atoms with Crippen LogP contribution in [0.4, 0.5) is 0 Å². The third kappa shape index (κ3) is 2.42. The SMILES string of the molecule is CCC(=O)C(C)[C@H](O)c1ccccc1. The van der Waals surface area contributed by atoms with E-state index in [0.29, 0.717) is 6.42 Å². The van der Waals surface area contributed by atoms with Gasteiger partial charge in [-0.15, -0.1) is 0 Å².